The standard InChI is InChI=1S/C10H18N2/c1-3-6-11-10-5-8-12(9-10)7-4-2/h2,10-11H,3,5-9H2,1H3. The summed E-state index contributed by atoms with van der Waals surface area (Å²) in [5.41, 5.74) is 0. The number of rotatable bonds is 4. The van der Waals surface area contributed by atoms with Crippen molar-refractivity contribution >= 4 is 0 Å². The van der Waals surface area contributed by atoms with Crippen molar-refractivity contribution in [2.45, 2.75) is 25.8 Å². The number of hydrogen-bond acceptors (Lipinski definition) is 2. The third-order valence-corrected chi connectivity index (χ3v) is 2.27. The van der Waals surface area contributed by atoms with Gasteiger partial charge in [0.2, 0.25) is 0 Å². The molecule has 0 radical (unpaired) electrons. The van der Waals surface area contributed by atoms with Crippen LogP contribution < -0.4 is 5.32 Å². The van der Waals surface area contributed by atoms with Gasteiger partial charge in [0.15, 0.2) is 0 Å². The minimum atomic E-state index is 0.679. The van der Waals surface area contributed by atoms with E-state index in [0.29, 0.717) is 6.04 Å². The fourth-order valence-corrected chi connectivity index (χ4v) is 1.62. The van der Waals surface area contributed by atoms with E-state index in [1.807, 2.05) is 0 Å². The van der Waals surface area contributed by atoms with E-state index >= 15 is 0 Å². The molecule has 2 nitrogen and oxygen atoms in total. The zero-order valence-corrected chi connectivity index (χ0v) is 7.84. The molecule has 2 heteroatoms. The summed E-state index contributed by atoms with van der Waals surface area (Å²) < 4.78 is 0. The zero-order valence-electron chi connectivity index (χ0n) is 7.84. The molecule has 0 aromatic heterocycles. The van der Waals surface area contributed by atoms with Crippen LogP contribution in [0.15, 0.2) is 0 Å². The highest BCUT2D eigenvalue weighted by atomic mass is 15.2. The lowest BCUT2D eigenvalue weighted by molar-refractivity contribution is 0.368. The summed E-state index contributed by atoms with van der Waals surface area (Å²) in [6, 6.07) is 0.679. The van der Waals surface area contributed by atoms with Crippen LogP contribution >= 0.6 is 0 Å². The van der Waals surface area contributed by atoms with Gasteiger partial charge in [-0.15, -0.1) is 6.42 Å². The van der Waals surface area contributed by atoms with Crippen LogP contribution in [0.3, 0.4) is 0 Å². The van der Waals surface area contributed by atoms with Gasteiger partial charge in [-0.2, -0.15) is 0 Å². The second-order valence-electron chi connectivity index (χ2n) is 3.38. The fraction of sp³-hybridized carbons (Fsp3) is 0.800. The van der Waals surface area contributed by atoms with Crippen molar-refractivity contribution in [1.82, 2.24) is 10.2 Å². The second kappa shape index (κ2) is 5.18. The predicted molar refractivity (Wildman–Crippen MR) is 52.0 cm³/mol. The van der Waals surface area contributed by atoms with Crippen LogP contribution in [0, 0.1) is 12.3 Å². The maximum Gasteiger partial charge on any atom is 0.0599 e. The Morgan fingerprint density at radius 3 is 3.17 bits per heavy atom. The highest BCUT2D eigenvalue weighted by molar-refractivity contribution is 4.92. The summed E-state index contributed by atoms with van der Waals surface area (Å²) in [5, 5.41) is 3.51. The van der Waals surface area contributed by atoms with Crippen molar-refractivity contribution in [3.05, 3.63) is 0 Å². The molecule has 1 aliphatic heterocycles. The smallest absolute Gasteiger partial charge is 0.0599 e. The molecule has 0 aromatic rings. The van der Waals surface area contributed by atoms with Gasteiger partial charge in [0.25, 0.3) is 0 Å². The van der Waals surface area contributed by atoms with E-state index < -0.39 is 0 Å². The van der Waals surface area contributed by atoms with E-state index in [1.54, 1.807) is 0 Å². The molecule has 1 rings (SSSR count). The average molecular weight is 166 g/mol. The Morgan fingerprint density at radius 2 is 2.50 bits per heavy atom. The molecule has 1 atom stereocenters. The molecule has 1 aliphatic rings. The summed E-state index contributed by atoms with van der Waals surface area (Å²) in [7, 11) is 0. The number of terminal acetylenes is 1. The van der Waals surface area contributed by atoms with Crippen molar-refractivity contribution in [2.75, 3.05) is 26.2 Å². The molecule has 0 saturated carbocycles. The summed E-state index contributed by atoms with van der Waals surface area (Å²) in [6.45, 7) is 6.43. The molecule has 0 aliphatic carbocycles. The Bertz CT molecular complexity index is 160. The number of hydrogen-bond donors (Lipinski definition) is 1. The molecule has 1 unspecified atom stereocenters. The van der Waals surface area contributed by atoms with Gasteiger partial charge in [-0.25, -0.2) is 0 Å². The van der Waals surface area contributed by atoms with E-state index in [2.05, 4.69) is 23.1 Å². The molecule has 1 saturated heterocycles. The molecule has 0 spiro atoms. The van der Waals surface area contributed by atoms with Gasteiger partial charge in [0, 0.05) is 19.1 Å². The first-order valence-corrected chi connectivity index (χ1v) is 4.76. The Hall–Kier alpha value is -0.520. The van der Waals surface area contributed by atoms with Gasteiger partial charge in [-0.05, 0) is 19.4 Å². The number of nitrogens with zero attached hydrogens (tertiary/aromatic N) is 1. The minimum absolute atomic E-state index is 0.679. The maximum atomic E-state index is 5.24. The molecule has 12 heavy (non-hydrogen) atoms. The lowest BCUT2D eigenvalue weighted by Gasteiger charge is -2.13. The van der Waals surface area contributed by atoms with Crippen molar-refractivity contribution in [3.8, 4) is 12.3 Å². The van der Waals surface area contributed by atoms with Crippen LogP contribution in [0.1, 0.15) is 19.8 Å². The molecule has 1 N–H and O–H groups in total. The topological polar surface area (TPSA) is 15.3 Å². The van der Waals surface area contributed by atoms with Crippen LogP contribution in [-0.4, -0.2) is 37.1 Å². The first kappa shape index (κ1) is 9.57. The largest absolute Gasteiger partial charge is 0.313 e. The van der Waals surface area contributed by atoms with E-state index in [-0.39, 0.29) is 0 Å². The van der Waals surface area contributed by atoms with Crippen LogP contribution in [0.4, 0.5) is 0 Å². The second-order valence-corrected chi connectivity index (χ2v) is 3.38. The van der Waals surface area contributed by atoms with Gasteiger partial charge in [-0.3, -0.25) is 4.90 Å². The highest BCUT2D eigenvalue weighted by Crippen LogP contribution is 2.07. The fourth-order valence-electron chi connectivity index (χ4n) is 1.62. The average Bonchev–Trinajstić information content (AvgIpc) is 2.50. The first-order valence-electron chi connectivity index (χ1n) is 4.76. The van der Waals surface area contributed by atoms with Gasteiger partial charge in [0.1, 0.15) is 0 Å². The number of nitrogens with one attached hydrogen (secondary N) is 1. The molecule has 0 amide bonds. The Kier molecular flexibility index (Phi) is 4.13. The van der Waals surface area contributed by atoms with Crippen molar-refractivity contribution in [1.29, 1.82) is 0 Å². The Labute approximate surface area is 75.3 Å². The van der Waals surface area contributed by atoms with Crippen molar-refractivity contribution in [3.63, 3.8) is 0 Å². The van der Waals surface area contributed by atoms with E-state index in [0.717, 1.165) is 26.2 Å². The Balaban J connectivity index is 2.13. The van der Waals surface area contributed by atoms with Crippen LogP contribution in [0.5, 0.6) is 0 Å². The summed E-state index contributed by atoms with van der Waals surface area (Å²) >= 11 is 0. The maximum absolute atomic E-state index is 5.24. The van der Waals surface area contributed by atoms with Gasteiger partial charge in [-0.1, -0.05) is 12.8 Å². The molecular formula is C10H18N2. The molecule has 1 fully saturated rings. The monoisotopic (exact) mass is 166 g/mol. The van der Waals surface area contributed by atoms with Crippen LogP contribution in [0.25, 0.3) is 0 Å². The molecule has 1 heterocycles. The zero-order chi connectivity index (χ0) is 8.81. The third kappa shape index (κ3) is 2.84. The minimum Gasteiger partial charge on any atom is -0.313 e. The summed E-state index contributed by atoms with van der Waals surface area (Å²) in [6.07, 6.45) is 7.71. The predicted octanol–water partition coefficient (Wildman–Crippen LogP) is 0.694. The highest BCUT2D eigenvalue weighted by Gasteiger charge is 2.20. The molecule has 0 aromatic carbocycles. The van der Waals surface area contributed by atoms with Gasteiger partial charge < -0.3 is 5.32 Å². The quantitative estimate of drug-likeness (QED) is 0.618. The van der Waals surface area contributed by atoms with Crippen molar-refractivity contribution < 1.29 is 0 Å². The normalized spacial score (nSPS) is 24.2. The SMILES string of the molecule is C#CCN1CCC(NCCC)C1. The van der Waals surface area contributed by atoms with Crippen LogP contribution in [0.2, 0.25) is 0 Å². The lowest BCUT2D eigenvalue weighted by Crippen LogP contribution is -2.33. The van der Waals surface area contributed by atoms with Crippen molar-refractivity contribution in [2.24, 2.45) is 0 Å². The summed E-state index contributed by atoms with van der Waals surface area (Å²) in [5.74, 6) is 2.68. The van der Waals surface area contributed by atoms with E-state index in [9.17, 15) is 0 Å². The lowest BCUT2D eigenvalue weighted by atomic mass is 10.2. The van der Waals surface area contributed by atoms with Crippen LogP contribution in [-0.2, 0) is 0 Å². The number of likely N-dealkylation sites (tertiary alicyclic amines) is 1. The molecule has 0 bridgehead atoms. The van der Waals surface area contributed by atoms with Gasteiger partial charge >= 0.3 is 0 Å². The third-order valence-electron chi connectivity index (χ3n) is 2.27. The molecule has 68 valence electrons. The van der Waals surface area contributed by atoms with E-state index in [1.165, 1.54) is 12.8 Å². The van der Waals surface area contributed by atoms with E-state index in [4.69, 9.17) is 6.42 Å². The first-order chi connectivity index (χ1) is 5.86. The summed E-state index contributed by atoms with van der Waals surface area (Å²) in [4.78, 5) is 2.33. The van der Waals surface area contributed by atoms with Gasteiger partial charge in [0.05, 0.1) is 6.54 Å². The molecular weight excluding hydrogens is 148 g/mol. The Morgan fingerprint density at radius 1 is 1.67 bits per heavy atom.